The highest BCUT2D eigenvalue weighted by Crippen LogP contribution is 2.15. The summed E-state index contributed by atoms with van der Waals surface area (Å²) in [6.07, 6.45) is 1.07. The maximum absolute atomic E-state index is 12.7. The smallest absolute Gasteiger partial charge is 0.267 e. The molecule has 0 saturated heterocycles. The summed E-state index contributed by atoms with van der Waals surface area (Å²) >= 11 is 0. The molecule has 0 aliphatic rings. The topological polar surface area (TPSA) is 127 Å². The first-order valence-electron chi connectivity index (χ1n) is 9.02. The largest absolute Gasteiger partial charge is 0.290 e. The van der Waals surface area contributed by atoms with Gasteiger partial charge in [-0.05, 0) is 44.2 Å². The molecule has 1 aromatic heterocycles. The summed E-state index contributed by atoms with van der Waals surface area (Å²) in [5.41, 5.74) is 4.39. The minimum atomic E-state index is -3.38. The van der Waals surface area contributed by atoms with Crippen LogP contribution in [0, 0.1) is 0 Å². The molecule has 0 aliphatic heterocycles. The summed E-state index contributed by atoms with van der Waals surface area (Å²) in [7, 11) is -3.38. The van der Waals surface area contributed by atoms with Crippen molar-refractivity contribution in [3.63, 3.8) is 0 Å². The van der Waals surface area contributed by atoms with Gasteiger partial charge in [-0.1, -0.05) is 18.2 Å². The van der Waals surface area contributed by atoms with E-state index in [-0.39, 0.29) is 27.8 Å². The molecule has 2 amide bonds. The van der Waals surface area contributed by atoms with Crippen LogP contribution < -0.4 is 16.4 Å². The van der Waals surface area contributed by atoms with Crippen LogP contribution in [-0.4, -0.2) is 36.3 Å². The van der Waals surface area contributed by atoms with E-state index in [2.05, 4.69) is 16.0 Å². The van der Waals surface area contributed by atoms with Crippen LogP contribution >= 0.6 is 0 Å². The zero-order valence-electron chi connectivity index (χ0n) is 16.5. The molecule has 2 aromatic carbocycles. The molecule has 0 fully saturated rings. The number of hydrogen-bond acceptors (Lipinski definition) is 6. The third kappa shape index (κ3) is 4.23. The van der Waals surface area contributed by atoms with Crippen molar-refractivity contribution in [2.45, 2.75) is 24.8 Å². The summed E-state index contributed by atoms with van der Waals surface area (Å²) < 4.78 is 24.2. The van der Waals surface area contributed by atoms with Crippen molar-refractivity contribution in [2.75, 3.05) is 6.26 Å². The number of hydrazine groups is 1. The lowest BCUT2D eigenvalue weighted by Gasteiger charge is -2.13. The van der Waals surface area contributed by atoms with Gasteiger partial charge in [-0.15, -0.1) is 0 Å². The van der Waals surface area contributed by atoms with Crippen molar-refractivity contribution in [3.05, 3.63) is 70.1 Å². The molecular formula is C20H20N4O5S. The second-order valence-corrected chi connectivity index (χ2v) is 8.96. The van der Waals surface area contributed by atoms with Crippen molar-refractivity contribution in [1.29, 1.82) is 0 Å². The Labute approximate surface area is 172 Å². The van der Waals surface area contributed by atoms with Crippen molar-refractivity contribution in [1.82, 2.24) is 20.6 Å². The summed E-state index contributed by atoms with van der Waals surface area (Å²) in [5, 5.41) is 4.87. The Bertz CT molecular complexity index is 1300. The highest BCUT2D eigenvalue weighted by Gasteiger charge is 2.18. The monoisotopic (exact) mass is 428 g/mol. The normalized spacial score (nSPS) is 11.5. The van der Waals surface area contributed by atoms with Gasteiger partial charge < -0.3 is 0 Å². The Balaban J connectivity index is 1.84. The third-order valence-corrected chi connectivity index (χ3v) is 5.50. The molecule has 0 unspecified atom stereocenters. The maximum atomic E-state index is 12.7. The van der Waals surface area contributed by atoms with Crippen LogP contribution in [0.25, 0.3) is 10.8 Å². The predicted octanol–water partition coefficient (Wildman–Crippen LogP) is 1.46. The van der Waals surface area contributed by atoms with Crippen LogP contribution in [0.15, 0.2) is 58.2 Å². The van der Waals surface area contributed by atoms with Crippen molar-refractivity contribution < 1.29 is 18.0 Å². The van der Waals surface area contributed by atoms with Gasteiger partial charge >= 0.3 is 0 Å². The minimum Gasteiger partial charge on any atom is -0.267 e. The van der Waals surface area contributed by atoms with Gasteiger partial charge in [0.1, 0.15) is 0 Å². The lowest BCUT2D eigenvalue weighted by Crippen LogP contribution is -2.43. The molecule has 0 atom stereocenters. The van der Waals surface area contributed by atoms with E-state index in [1.807, 2.05) is 0 Å². The van der Waals surface area contributed by atoms with Crippen molar-refractivity contribution in [3.8, 4) is 0 Å². The quantitative estimate of drug-likeness (QED) is 0.606. The first-order valence-corrected chi connectivity index (χ1v) is 10.9. The zero-order chi connectivity index (χ0) is 22.1. The third-order valence-electron chi connectivity index (χ3n) is 4.37. The number of fused-ring (bicyclic) bond motifs is 1. The minimum absolute atomic E-state index is 0.00776. The molecule has 2 N–H and O–H groups in total. The van der Waals surface area contributed by atoms with Crippen molar-refractivity contribution in [2.24, 2.45) is 0 Å². The molecule has 0 bridgehead atoms. The van der Waals surface area contributed by atoms with E-state index in [0.29, 0.717) is 10.8 Å². The molecule has 0 radical (unpaired) electrons. The van der Waals surface area contributed by atoms with Crippen LogP contribution in [0.2, 0.25) is 0 Å². The fourth-order valence-electron chi connectivity index (χ4n) is 2.82. The number of nitrogens with zero attached hydrogens (tertiary/aromatic N) is 2. The number of benzene rings is 2. The number of nitrogens with one attached hydrogen (secondary N) is 2. The second kappa shape index (κ2) is 8.07. The first kappa shape index (κ1) is 21.2. The summed E-state index contributed by atoms with van der Waals surface area (Å²) in [6.45, 7) is 3.54. The highest BCUT2D eigenvalue weighted by molar-refractivity contribution is 7.90. The Hall–Kier alpha value is -3.53. The Morgan fingerprint density at radius 2 is 1.50 bits per heavy atom. The first-order chi connectivity index (χ1) is 14.1. The lowest BCUT2D eigenvalue weighted by molar-refractivity contribution is 0.0843. The predicted molar refractivity (Wildman–Crippen MR) is 111 cm³/mol. The lowest BCUT2D eigenvalue weighted by atomic mass is 10.1. The average Bonchev–Trinajstić information content (AvgIpc) is 2.71. The van der Waals surface area contributed by atoms with Crippen LogP contribution in [0.3, 0.4) is 0 Å². The van der Waals surface area contributed by atoms with Gasteiger partial charge in [0.2, 0.25) is 0 Å². The van der Waals surface area contributed by atoms with Crippen LogP contribution in [-0.2, 0) is 9.84 Å². The molecule has 30 heavy (non-hydrogen) atoms. The van der Waals surface area contributed by atoms with Crippen LogP contribution in [0.1, 0.15) is 40.7 Å². The fourth-order valence-corrected chi connectivity index (χ4v) is 3.45. The molecule has 0 saturated carbocycles. The Morgan fingerprint density at radius 3 is 2.07 bits per heavy atom. The van der Waals surface area contributed by atoms with Gasteiger partial charge in [-0.2, -0.15) is 5.10 Å². The maximum Gasteiger partial charge on any atom is 0.290 e. The van der Waals surface area contributed by atoms with E-state index in [0.717, 1.165) is 6.26 Å². The summed E-state index contributed by atoms with van der Waals surface area (Å²) in [6, 6.07) is 11.6. The van der Waals surface area contributed by atoms with E-state index < -0.39 is 21.7 Å². The molecule has 10 heteroatoms. The fraction of sp³-hybridized carbons (Fsp3) is 0.200. The van der Waals surface area contributed by atoms with Gasteiger partial charge in [0, 0.05) is 17.2 Å². The molecular weight excluding hydrogens is 408 g/mol. The Kier molecular flexibility index (Phi) is 5.70. The van der Waals surface area contributed by atoms with Crippen LogP contribution in [0.5, 0.6) is 0 Å². The molecule has 156 valence electrons. The average molecular weight is 428 g/mol. The highest BCUT2D eigenvalue weighted by atomic mass is 32.2. The van der Waals surface area contributed by atoms with Gasteiger partial charge in [-0.25, -0.2) is 13.1 Å². The molecule has 3 aromatic rings. The number of hydrogen-bond donors (Lipinski definition) is 2. The van der Waals surface area contributed by atoms with E-state index in [1.54, 1.807) is 38.1 Å². The molecule has 0 aliphatic carbocycles. The van der Waals surface area contributed by atoms with Crippen LogP contribution in [0.4, 0.5) is 0 Å². The second-order valence-electron chi connectivity index (χ2n) is 6.94. The van der Waals surface area contributed by atoms with Gasteiger partial charge in [0.05, 0.1) is 16.3 Å². The number of carbonyl (C=O) groups excluding carboxylic acids is 2. The van der Waals surface area contributed by atoms with E-state index >= 15 is 0 Å². The summed E-state index contributed by atoms with van der Waals surface area (Å²) in [5.74, 6) is -1.33. The van der Waals surface area contributed by atoms with E-state index in [9.17, 15) is 22.8 Å². The van der Waals surface area contributed by atoms with Gasteiger partial charge in [0.25, 0.3) is 17.4 Å². The van der Waals surface area contributed by atoms with Gasteiger partial charge in [0.15, 0.2) is 15.5 Å². The standard InChI is InChI=1S/C20H20N4O5S/c1-12(2)24-20(27)16-7-5-4-6-15(16)17(23-24)19(26)22-21-18(25)13-8-10-14(11-9-13)30(3,28)29/h4-12H,1-3H3,(H,21,25)(H,22,26). The van der Waals surface area contributed by atoms with E-state index in [1.165, 1.54) is 28.9 Å². The molecule has 3 rings (SSSR count). The number of aromatic nitrogens is 2. The number of rotatable bonds is 4. The molecule has 9 nitrogen and oxygen atoms in total. The SMILES string of the molecule is CC(C)n1nc(C(=O)NNC(=O)c2ccc(S(C)(=O)=O)cc2)c2ccccc2c1=O. The molecule has 1 heterocycles. The zero-order valence-corrected chi connectivity index (χ0v) is 17.4. The molecule has 0 spiro atoms. The number of carbonyl (C=O) groups is 2. The number of amides is 2. The summed E-state index contributed by atoms with van der Waals surface area (Å²) in [4.78, 5) is 37.6. The Morgan fingerprint density at radius 1 is 0.933 bits per heavy atom. The number of sulfone groups is 1. The van der Waals surface area contributed by atoms with Crippen molar-refractivity contribution >= 4 is 32.4 Å². The van der Waals surface area contributed by atoms with Gasteiger partial charge in [-0.3, -0.25) is 25.2 Å². The van der Waals surface area contributed by atoms with E-state index in [4.69, 9.17) is 0 Å².